The van der Waals surface area contributed by atoms with E-state index in [-0.39, 0.29) is 11.6 Å². The van der Waals surface area contributed by atoms with Gasteiger partial charge in [-0.15, -0.1) is 11.3 Å². The van der Waals surface area contributed by atoms with Crippen molar-refractivity contribution in [2.75, 3.05) is 6.54 Å². The molecule has 0 aliphatic heterocycles. The third-order valence-electron chi connectivity index (χ3n) is 4.07. The number of rotatable bonds is 6. The summed E-state index contributed by atoms with van der Waals surface area (Å²) in [5.41, 5.74) is 1.15. The largest absolute Gasteiger partial charge is 0.312 e. The zero-order valence-corrected chi connectivity index (χ0v) is 14.4. The van der Waals surface area contributed by atoms with E-state index in [2.05, 4.69) is 31.1 Å². The zero-order chi connectivity index (χ0) is 15.6. The summed E-state index contributed by atoms with van der Waals surface area (Å²) in [6.45, 7) is 11.3. The lowest BCUT2D eigenvalue weighted by atomic mass is 10.2. The molecule has 2 aromatic rings. The summed E-state index contributed by atoms with van der Waals surface area (Å²) in [5, 5.41) is 4.28. The van der Waals surface area contributed by atoms with Crippen LogP contribution in [0.3, 0.4) is 0 Å². The first-order chi connectivity index (χ1) is 9.95. The van der Waals surface area contributed by atoms with E-state index in [1.54, 1.807) is 22.2 Å². The number of thiophene rings is 1. The van der Waals surface area contributed by atoms with Crippen molar-refractivity contribution in [1.29, 1.82) is 0 Å². The molecule has 4 nitrogen and oxygen atoms in total. The summed E-state index contributed by atoms with van der Waals surface area (Å²) in [6, 6.07) is 0.586. The Hall–Kier alpha value is -1.20. The van der Waals surface area contributed by atoms with E-state index in [0.717, 1.165) is 28.7 Å². The molecule has 0 aliphatic carbocycles. The van der Waals surface area contributed by atoms with E-state index in [1.807, 2.05) is 13.8 Å². The van der Waals surface area contributed by atoms with Crippen LogP contribution in [0.1, 0.15) is 50.1 Å². The van der Waals surface area contributed by atoms with Crippen LogP contribution >= 0.6 is 11.3 Å². The Balaban J connectivity index is 2.24. The molecule has 0 bridgehead atoms. The summed E-state index contributed by atoms with van der Waals surface area (Å²) >= 11 is 1.60. The van der Waals surface area contributed by atoms with Crippen molar-refractivity contribution in [3.05, 3.63) is 27.1 Å². The number of hydrogen-bond donors (Lipinski definition) is 1. The average Bonchev–Trinajstić information content (AvgIpc) is 2.73. The Kier molecular flexibility index (Phi) is 5.17. The number of nitrogens with one attached hydrogen (secondary N) is 1. The van der Waals surface area contributed by atoms with Gasteiger partial charge in [-0.3, -0.25) is 9.36 Å². The standard InChI is InChI=1S/C16H25N3OS/c1-6-7-10(2)17-8-11(3)19-9-18-15-14(16(19)20)12(4)13(5)21-15/h9-11,17H,6-8H2,1-5H3. The Labute approximate surface area is 130 Å². The first kappa shape index (κ1) is 16.2. The van der Waals surface area contributed by atoms with E-state index < -0.39 is 0 Å². The number of aryl methyl sites for hydroxylation is 2. The number of nitrogens with zero attached hydrogens (tertiary/aromatic N) is 2. The fraction of sp³-hybridized carbons (Fsp3) is 0.625. The summed E-state index contributed by atoms with van der Waals surface area (Å²) in [6.07, 6.45) is 4.02. The molecule has 0 aliphatic rings. The monoisotopic (exact) mass is 307 g/mol. The second-order valence-electron chi connectivity index (χ2n) is 5.87. The molecule has 0 saturated carbocycles. The number of hydrogen-bond acceptors (Lipinski definition) is 4. The van der Waals surface area contributed by atoms with Crippen LogP contribution in [0.4, 0.5) is 0 Å². The van der Waals surface area contributed by atoms with Crippen LogP contribution in [0.25, 0.3) is 10.2 Å². The van der Waals surface area contributed by atoms with Gasteiger partial charge in [-0.1, -0.05) is 13.3 Å². The van der Waals surface area contributed by atoms with Crippen LogP contribution in [0.15, 0.2) is 11.1 Å². The van der Waals surface area contributed by atoms with E-state index in [0.29, 0.717) is 6.04 Å². The van der Waals surface area contributed by atoms with Crippen molar-refractivity contribution in [2.45, 2.75) is 59.5 Å². The molecular formula is C16H25N3OS. The van der Waals surface area contributed by atoms with Crippen LogP contribution in [0, 0.1) is 13.8 Å². The van der Waals surface area contributed by atoms with Gasteiger partial charge in [-0.2, -0.15) is 0 Å². The van der Waals surface area contributed by atoms with Gasteiger partial charge in [0.25, 0.3) is 5.56 Å². The molecule has 0 spiro atoms. The fourth-order valence-electron chi connectivity index (χ4n) is 2.57. The summed E-state index contributed by atoms with van der Waals surface area (Å²) in [4.78, 5) is 19.2. The molecule has 1 N–H and O–H groups in total. The summed E-state index contributed by atoms with van der Waals surface area (Å²) in [7, 11) is 0. The lowest BCUT2D eigenvalue weighted by molar-refractivity contribution is 0.427. The highest BCUT2D eigenvalue weighted by Crippen LogP contribution is 2.25. The predicted octanol–water partition coefficient (Wildman–Crippen LogP) is 3.41. The molecule has 2 unspecified atom stereocenters. The SMILES string of the molecule is CCCC(C)NCC(C)n1cnc2sc(C)c(C)c2c1=O. The van der Waals surface area contributed by atoms with Gasteiger partial charge < -0.3 is 5.32 Å². The van der Waals surface area contributed by atoms with Gasteiger partial charge in [0.15, 0.2) is 0 Å². The van der Waals surface area contributed by atoms with E-state index in [4.69, 9.17) is 0 Å². The highest BCUT2D eigenvalue weighted by molar-refractivity contribution is 7.18. The Morgan fingerprint density at radius 3 is 2.76 bits per heavy atom. The maximum atomic E-state index is 12.7. The van der Waals surface area contributed by atoms with Crippen molar-refractivity contribution < 1.29 is 0 Å². The topological polar surface area (TPSA) is 46.9 Å². The van der Waals surface area contributed by atoms with Gasteiger partial charge in [-0.05, 0) is 39.7 Å². The molecule has 116 valence electrons. The molecule has 2 heterocycles. The van der Waals surface area contributed by atoms with Crippen molar-refractivity contribution in [3.8, 4) is 0 Å². The normalized spacial score (nSPS) is 14.5. The minimum atomic E-state index is 0.0827. The first-order valence-electron chi connectivity index (χ1n) is 7.65. The van der Waals surface area contributed by atoms with Crippen LogP contribution < -0.4 is 10.9 Å². The second kappa shape index (κ2) is 6.71. The van der Waals surface area contributed by atoms with E-state index >= 15 is 0 Å². The maximum Gasteiger partial charge on any atom is 0.262 e. The van der Waals surface area contributed by atoms with Crippen molar-refractivity contribution >= 4 is 21.6 Å². The van der Waals surface area contributed by atoms with E-state index in [1.165, 1.54) is 11.3 Å². The maximum absolute atomic E-state index is 12.7. The molecule has 0 aromatic carbocycles. The average molecular weight is 307 g/mol. The quantitative estimate of drug-likeness (QED) is 0.889. The van der Waals surface area contributed by atoms with Gasteiger partial charge in [-0.25, -0.2) is 4.98 Å². The zero-order valence-electron chi connectivity index (χ0n) is 13.6. The molecule has 0 fully saturated rings. The molecular weight excluding hydrogens is 282 g/mol. The molecule has 0 radical (unpaired) electrons. The van der Waals surface area contributed by atoms with Gasteiger partial charge in [0.05, 0.1) is 11.7 Å². The molecule has 0 amide bonds. The van der Waals surface area contributed by atoms with Crippen molar-refractivity contribution in [2.24, 2.45) is 0 Å². The molecule has 5 heteroatoms. The predicted molar refractivity (Wildman–Crippen MR) is 90.4 cm³/mol. The highest BCUT2D eigenvalue weighted by atomic mass is 32.1. The fourth-order valence-corrected chi connectivity index (χ4v) is 3.55. The Morgan fingerprint density at radius 2 is 2.10 bits per heavy atom. The third kappa shape index (κ3) is 3.35. The number of aromatic nitrogens is 2. The summed E-state index contributed by atoms with van der Waals surface area (Å²) < 4.78 is 1.76. The van der Waals surface area contributed by atoms with Gasteiger partial charge >= 0.3 is 0 Å². The minimum absolute atomic E-state index is 0.0827. The van der Waals surface area contributed by atoms with Crippen LogP contribution in [-0.4, -0.2) is 22.1 Å². The highest BCUT2D eigenvalue weighted by Gasteiger charge is 2.15. The van der Waals surface area contributed by atoms with Crippen LogP contribution in [-0.2, 0) is 0 Å². The van der Waals surface area contributed by atoms with Gasteiger partial charge in [0, 0.05) is 23.5 Å². The van der Waals surface area contributed by atoms with Crippen molar-refractivity contribution in [1.82, 2.24) is 14.9 Å². The lowest BCUT2D eigenvalue weighted by Gasteiger charge is -2.19. The Morgan fingerprint density at radius 1 is 1.38 bits per heavy atom. The Bertz CT molecular complexity index is 674. The van der Waals surface area contributed by atoms with E-state index in [9.17, 15) is 4.79 Å². The van der Waals surface area contributed by atoms with Crippen molar-refractivity contribution in [3.63, 3.8) is 0 Å². The lowest BCUT2D eigenvalue weighted by Crippen LogP contribution is -2.35. The summed E-state index contributed by atoms with van der Waals surface area (Å²) in [5.74, 6) is 0. The molecule has 2 aromatic heterocycles. The van der Waals surface area contributed by atoms with Crippen LogP contribution in [0.2, 0.25) is 0 Å². The molecule has 2 atom stereocenters. The molecule has 0 saturated heterocycles. The van der Waals surface area contributed by atoms with Crippen LogP contribution in [0.5, 0.6) is 0 Å². The molecule has 2 rings (SSSR count). The first-order valence-corrected chi connectivity index (χ1v) is 8.47. The molecule has 21 heavy (non-hydrogen) atoms. The smallest absolute Gasteiger partial charge is 0.262 e. The minimum Gasteiger partial charge on any atom is -0.312 e. The van der Waals surface area contributed by atoms with Gasteiger partial charge in [0.1, 0.15) is 4.83 Å². The van der Waals surface area contributed by atoms with Gasteiger partial charge in [0.2, 0.25) is 0 Å². The second-order valence-corrected chi connectivity index (χ2v) is 7.07. The number of fused-ring (bicyclic) bond motifs is 1. The third-order valence-corrected chi connectivity index (χ3v) is 5.19.